The fourth-order valence-electron chi connectivity index (χ4n) is 2.82. The van der Waals surface area contributed by atoms with E-state index < -0.39 is 11.9 Å². The van der Waals surface area contributed by atoms with Crippen molar-refractivity contribution in [3.05, 3.63) is 23.8 Å². The third-order valence-corrected chi connectivity index (χ3v) is 3.86. The van der Waals surface area contributed by atoms with E-state index in [1.165, 1.54) is 0 Å². The van der Waals surface area contributed by atoms with E-state index in [1.807, 2.05) is 13.8 Å². The van der Waals surface area contributed by atoms with Gasteiger partial charge in [0.15, 0.2) is 0 Å². The summed E-state index contributed by atoms with van der Waals surface area (Å²) in [5.41, 5.74) is 0.943. The van der Waals surface area contributed by atoms with Crippen LogP contribution in [0.15, 0.2) is 16.9 Å². The van der Waals surface area contributed by atoms with Gasteiger partial charge in [0.2, 0.25) is 17.5 Å². The molecule has 21 heavy (non-hydrogen) atoms. The number of hydrogen-bond acceptors (Lipinski definition) is 6. The number of aliphatic carboxylic acids is 1. The van der Waals surface area contributed by atoms with Crippen LogP contribution in [-0.4, -0.2) is 31.2 Å². The minimum absolute atomic E-state index is 0.232. The third kappa shape index (κ3) is 2.63. The Labute approximate surface area is 121 Å². The predicted octanol–water partition coefficient (Wildman–Crippen LogP) is 2.05. The molecule has 2 heterocycles. The summed E-state index contributed by atoms with van der Waals surface area (Å²) in [6.45, 7) is 3.93. The number of rotatable bonds is 3. The Bertz CT molecular complexity index is 652. The highest BCUT2D eigenvalue weighted by molar-refractivity contribution is 5.71. The molecule has 0 bridgehead atoms. The molecule has 0 spiro atoms. The van der Waals surface area contributed by atoms with Crippen LogP contribution in [0.3, 0.4) is 0 Å². The predicted molar refractivity (Wildman–Crippen MR) is 72.3 cm³/mol. The molecule has 7 heteroatoms. The van der Waals surface area contributed by atoms with E-state index in [2.05, 4.69) is 20.1 Å². The van der Waals surface area contributed by atoms with Gasteiger partial charge < -0.3 is 9.63 Å². The zero-order chi connectivity index (χ0) is 15.0. The largest absolute Gasteiger partial charge is 0.481 e. The standard InChI is InChI=1S/C14H16N4O3/c1-7-3-9(10(4-7)14(19)20)13-17-12(18-21-13)11-15-5-8(2)6-16-11/h5-7,9-10H,3-4H2,1-2H3,(H,19,20). The van der Waals surface area contributed by atoms with E-state index in [0.717, 1.165) is 12.0 Å². The molecular weight excluding hydrogens is 272 g/mol. The highest BCUT2D eigenvalue weighted by Gasteiger charge is 2.41. The second kappa shape index (κ2) is 5.23. The molecule has 3 atom stereocenters. The summed E-state index contributed by atoms with van der Waals surface area (Å²) in [7, 11) is 0. The molecule has 1 aliphatic carbocycles. The number of carboxylic acid groups (broad SMARTS) is 1. The van der Waals surface area contributed by atoms with Crippen molar-refractivity contribution in [2.45, 2.75) is 32.6 Å². The highest BCUT2D eigenvalue weighted by atomic mass is 16.5. The minimum atomic E-state index is -0.810. The molecule has 1 N–H and O–H groups in total. The molecule has 2 aromatic heterocycles. The first-order chi connectivity index (χ1) is 10.0. The van der Waals surface area contributed by atoms with E-state index in [9.17, 15) is 9.90 Å². The number of nitrogens with zero attached hydrogens (tertiary/aromatic N) is 4. The zero-order valence-electron chi connectivity index (χ0n) is 11.9. The van der Waals surface area contributed by atoms with Crippen LogP contribution < -0.4 is 0 Å². The number of aryl methyl sites for hydroxylation is 1. The quantitative estimate of drug-likeness (QED) is 0.921. The number of aromatic nitrogens is 4. The number of hydrogen-bond donors (Lipinski definition) is 1. The molecule has 1 saturated carbocycles. The first kappa shape index (κ1) is 13.7. The van der Waals surface area contributed by atoms with Crippen LogP contribution in [-0.2, 0) is 4.79 Å². The Kier molecular flexibility index (Phi) is 3.40. The lowest BCUT2D eigenvalue weighted by molar-refractivity contribution is -0.142. The molecule has 0 radical (unpaired) electrons. The molecule has 0 saturated heterocycles. The van der Waals surface area contributed by atoms with Crippen molar-refractivity contribution in [1.82, 2.24) is 20.1 Å². The maximum absolute atomic E-state index is 11.3. The molecule has 0 aliphatic heterocycles. The van der Waals surface area contributed by atoms with Gasteiger partial charge in [-0.2, -0.15) is 4.98 Å². The molecule has 7 nitrogen and oxygen atoms in total. The zero-order valence-corrected chi connectivity index (χ0v) is 11.9. The molecule has 2 aromatic rings. The van der Waals surface area contributed by atoms with Gasteiger partial charge >= 0.3 is 5.97 Å². The molecule has 0 amide bonds. The molecule has 3 rings (SSSR count). The van der Waals surface area contributed by atoms with Crippen molar-refractivity contribution in [2.75, 3.05) is 0 Å². The van der Waals surface area contributed by atoms with Crippen molar-refractivity contribution in [3.63, 3.8) is 0 Å². The second-order valence-corrected chi connectivity index (χ2v) is 5.67. The van der Waals surface area contributed by atoms with Crippen molar-refractivity contribution in [2.24, 2.45) is 11.8 Å². The average molecular weight is 288 g/mol. The van der Waals surface area contributed by atoms with Gasteiger partial charge in [0.05, 0.1) is 11.8 Å². The molecule has 0 aromatic carbocycles. The van der Waals surface area contributed by atoms with Gasteiger partial charge in [0, 0.05) is 12.4 Å². The first-order valence-electron chi connectivity index (χ1n) is 6.90. The van der Waals surface area contributed by atoms with Gasteiger partial charge in [0.1, 0.15) is 0 Å². The van der Waals surface area contributed by atoms with Gasteiger partial charge in [0.25, 0.3) is 0 Å². The molecular formula is C14H16N4O3. The number of carbonyl (C=O) groups is 1. The minimum Gasteiger partial charge on any atom is -0.481 e. The summed E-state index contributed by atoms with van der Waals surface area (Å²) in [5.74, 6) is -0.123. The lowest BCUT2D eigenvalue weighted by Gasteiger charge is -2.09. The summed E-state index contributed by atoms with van der Waals surface area (Å²) in [6, 6.07) is 0. The maximum Gasteiger partial charge on any atom is 0.307 e. The Hall–Kier alpha value is -2.31. The molecule has 1 fully saturated rings. The SMILES string of the molecule is Cc1cnc(-c2noc(C3CC(C)CC3C(=O)O)n2)nc1. The van der Waals surface area contributed by atoms with E-state index in [-0.39, 0.29) is 5.92 Å². The average Bonchev–Trinajstić information content (AvgIpc) is 3.06. The van der Waals surface area contributed by atoms with E-state index in [0.29, 0.717) is 29.9 Å². The summed E-state index contributed by atoms with van der Waals surface area (Å²) in [4.78, 5) is 23.9. The third-order valence-electron chi connectivity index (χ3n) is 3.86. The van der Waals surface area contributed by atoms with Crippen LogP contribution in [0.25, 0.3) is 11.6 Å². The van der Waals surface area contributed by atoms with E-state index in [1.54, 1.807) is 12.4 Å². The number of carboxylic acids is 1. The van der Waals surface area contributed by atoms with Crippen molar-refractivity contribution >= 4 is 5.97 Å². The summed E-state index contributed by atoms with van der Waals surface area (Å²) < 4.78 is 5.26. The Morgan fingerprint density at radius 3 is 2.67 bits per heavy atom. The fourth-order valence-corrected chi connectivity index (χ4v) is 2.82. The lowest BCUT2D eigenvalue weighted by atomic mass is 9.96. The molecule has 3 unspecified atom stereocenters. The van der Waals surface area contributed by atoms with Gasteiger partial charge in [-0.1, -0.05) is 12.1 Å². The van der Waals surface area contributed by atoms with Crippen molar-refractivity contribution in [1.29, 1.82) is 0 Å². The Balaban J connectivity index is 1.87. The van der Waals surface area contributed by atoms with Crippen molar-refractivity contribution < 1.29 is 14.4 Å². The topological polar surface area (TPSA) is 102 Å². The summed E-state index contributed by atoms with van der Waals surface area (Å²) in [5, 5.41) is 13.2. The fraction of sp³-hybridized carbons (Fsp3) is 0.500. The smallest absolute Gasteiger partial charge is 0.307 e. The van der Waals surface area contributed by atoms with E-state index in [4.69, 9.17) is 4.52 Å². The maximum atomic E-state index is 11.3. The summed E-state index contributed by atoms with van der Waals surface area (Å²) in [6.07, 6.45) is 4.73. The second-order valence-electron chi connectivity index (χ2n) is 5.67. The van der Waals surface area contributed by atoms with Crippen LogP contribution in [0, 0.1) is 18.8 Å². The van der Waals surface area contributed by atoms with Gasteiger partial charge in [-0.15, -0.1) is 0 Å². The van der Waals surface area contributed by atoms with Crippen LogP contribution in [0.1, 0.15) is 37.1 Å². The normalized spacial score (nSPS) is 25.1. The van der Waals surface area contributed by atoms with E-state index >= 15 is 0 Å². The molecule has 1 aliphatic rings. The first-order valence-corrected chi connectivity index (χ1v) is 6.90. The molecule has 110 valence electrons. The van der Waals surface area contributed by atoms with Crippen LogP contribution in [0.2, 0.25) is 0 Å². The monoisotopic (exact) mass is 288 g/mol. The van der Waals surface area contributed by atoms with Crippen LogP contribution in [0.4, 0.5) is 0 Å². The van der Waals surface area contributed by atoms with Gasteiger partial charge in [-0.3, -0.25) is 4.79 Å². The van der Waals surface area contributed by atoms with Crippen LogP contribution >= 0.6 is 0 Å². The van der Waals surface area contributed by atoms with Crippen molar-refractivity contribution in [3.8, 4) is 11.6 Å². The Morgan fingerprint density at radius 2 is 2.00 bits per heavy atom. The lowest BCUT2D eigenvalue weighted by Crippen LogP contribution is -2.17. The summed E-state index contributed by atoms with van der Waals surface area (Å²) >= 11 is 0. The van der Waals surface area contributed by atoms with Gasteiger partial charge in [-0.25, -0.2) is 9.97 Å². The van der Waals surface area contributed by atoms with Crippen LogP contribution in [0.5, 0.6) is 0 Å². The highest BCUT2D eigenvalue weighted by Crippen LogP contribution is 2.42. The Morgan fingerprint density at radius 1 is 1.29 bits per heavy atom. The van der Waals surface area contributed by atoms with Gasteiger partial charge in [-0.05, 0) is 31.2 Å².